The van der Waals surface area contributed by atoms with Crippen LogP contribution in [0.15, 0.2) is 24.3 Å². The summed E-state index contributed by atoms with van der Waals surface area (Å²) in [7, 11) is 0. The van der Waals surface area contributed by atoms with Crippen LogP contribution in [-0.2, 0) is 14.3 Å². The summed E-state index contributed by atoms with van der Waals surface area (Å²) in [6.07, 6.45) is 0.429. The molecule has 3 unspecified atom stereocenters. The minimum Gasteiger partial charge on any atom is -0.378 e. The van der Waals surface area contributed by atoms with E-state index in [1.54, 1.807) is 0 Å². The highest BCUT2D eigenvalue weighted by Gasteiger charge is 2.33. The predicted molar refractivity (Wildman–Crippen MR) is 70.0 cm³/mol. The molecule has 3 N–H and O–H groups in total. The number of nitrogens with two attached hydrogens (primary N) is 1. The Labute approximate surface area is 116 Å². The van der Waals surface area contributed by atoms with Gasteiger partial charge in [-0.1, -0.05) is 12.1 Å². The monoisotopic (exact) mass is 280 g/mol. The second-order valence-corrected chi connectivity index (χ2v) is 4.87. The van der Waals surface area contributed by atoms with Crippen molar-refractivity contribution in [2.45, 2.75) is 25.5 Å². The summed E-state index contributed by atoms with van der Waals surface area (Å²) in [6, 6.07) is 4.34. The van der Waals surface area contributed by atoms with E-state index in [-0.39, 0.29) is 17.9 Å². The lowest BCUT2D eigenvalue weighted by Crippen LogP contribution is -2.42. The van der Waals surface area contributed by atoms with Crippen LogP contribution >= 0.6 is 0 Å². The van der Waals surface area contributed by atoms with Crippen molar-refractivity contribution in [3.8, 4) is 0 Å². The van der Waals surface area contributed by atoms with Gasteiger partial charge in [0.05, 0.1) is 12.0 Å². The molecule has 1 aromatic rings. The molecular formula is C14H17FN2O3. The second-order valence-electron chi connectivity index (χ2n) is 4.87. The zero-order chi connectivity index (χ0) is 14.7. The van der Waals surface area contributed by atoms with Gasteiger partial charge in [-0.05, 0) is 31.0 Å². The molecule has 6 heteroatoms. The van der Waals surface area contributed by atoms with Crippen molar-refractivity contribution >= 4 is 11.8 Å². The fourth-order valence-electron chi connectivity index (χ4n) is 2.30. The van der Waals surface area contributed by atoms with Gasteiger partial charge in [0.1, 0.15) is 11.9 Å². The summed E-state index contributed by atoms with van der Waals surface area (Å²) < 4.78 is 18.2. The van der Waals surface area contributed by atoms with Crippen LogP contribution in [-0.4, -0.2) is 24.5 Å². The van der Waals surface area contributed by atoms with E-state index in [2.05, 4.69) is 5.32 Å². The first-order chi connectivity index (χ1) is 9.49. The average molecular weight is 280 g/mol. The summed E-state index contributed by atoms with van der Waals surface area (Å²) in [5, 5.41) is 2.61. The Morgan fingerprint density at radius 2 is 2.05 bits per heavy atom. The number of carbonyl (C=O) groups excluding carboxylic acids is 2. The highest BCUT2D eigenvalue weighted by Crippen LogP contribution is 2.22. The Kier molecular flexibility index (Phi) is 4.34. The van der Waals surface area contributed by atoms with Gasteiger partial charge in [0.15, 0.2) is 0 Å². The maximum atomic E-state index is 12.9. The van der Waals surface area contributed by atoms with Crippen LogP contribution < -0.4 is 11.1 Å². The third-order valence-corrected chi connectivity index (χ3v) is 3.49. The van der Waals surface area contributed by atoms with Crippen LogP contribution in [0.5, 0.6) is 0 Å². The van der Waals surface area contributed by atoms with Gasteiger partial charge in [0, 0.05) is 6.61 Å². The molecular weight excluding hydrogens is 263 g/mol. The van der Waals surface area contributed by atoms with E-state index in [1.165, 1.54) is 24.3 Å². The smallest absolute Gasteiger partial charge is 0.244 e. The van der Waals surface area contributed by atoms with E-state index >= 15 is 0 Å². The molecule has 20 heavy (non-hydrogen) atoms. The summed E-state index contributed by atoms with van der Waals surface area (Å²) in [4.78, 5) is 23.6. The molecule has 0 saturated carbocycles. The number of primary amides is 1. The second kappa shape index (κ2) is 6.00. The molecule has 1 heterocycles. The number of carbonyl (C=O) groups is 2. The quantitative estimate of drug-likeness (QED) is 0.859. The van der Waals surface area contributed by atoms with Crippen molar-refractivity contribution in [1.29, 1.82) is 0 Å². The highest BCUT2D eigenvalue weighted by atomic mass is 19.1. The topological polar surface area (TPSA) is 81.4 Å². The highest BCUT2D eigenvalue weighted by molar-refractivity contribution is 5.88. The number of hydrogen-bond acceptors (Lipinski definition) is 3. The predicted octanol–water partition coefficient (Wildman–Crippen LogP) is 0.893. The lowest BCUT2D eigenvalue weighted by molar-refractivity contribution is -0.131. The average Bonchev–Trinajstić information content (AvgIpc) is 2.83. The summed E-state index contributed by atoms with van der Waals surface area (Å²) in [6.45, 7) is 2.34. The summed E-state index contributed by atoms with van der Waals surface area (Å²) in [5.41, 5.74) is 5.77. The standard InChI is InChI=1S/C14H17FN2O3/c1-8-11(6-7-20-8)14(19)17-12(13(16)18)9-2-4-10(15)5-3-9/h2-5,8,11-12H,6-7H2,1H3,(H2,16,18)(H,17,19). The van der Waals surface area contributed by atoms with Crippen LogP contribution in [0.4, 0.5) is 4.39 Å². The van der Waals surface area contributed by atoms with Crippen molar-refractivity contribution in [3.05, 3.63) is 35.6 Å². The van der Waals surface area contributed by atoms with Gasteiger partial charge >= 0.3 is 0 Å². The van der Waals surface area contributed by atoms with Crippen molar-refractivity contribution in [2.24, 2.45) is 11.7 Å². The van der Waals surface area contributed by atoms with Crippen LogP contribution in [0.1, 0.15) is 24.9 Å². The molecule has 2 rings (SSSR count). The number of rotatable bonds is 4. The SMILES string of the molecule is CC1OCCC1C(=O)NC(C(N)=O)c1ccc(F)cc1. The first kappa shape index (κ1) is 14.5. The normalized spacial score (nSPS) is 23.3. The molecule has 108 valence electrons. The largest absolute Gasteiger partial charge is 0.378 e. The zero-order valence-corrected chi connectivity index (χ0v) is 11.1. The summed E-state index contributed by atoms with van der Waals surface area (Å²) in [5.74, 6) is -1.67. The van der Waals surface area contributed by atoms with Crippen LogP contribution in [0.2, 0.25) is 0 Å². The van der Waals surface area contributed by atoms with Crippen molar-refractivity contribution in [3.63, 3.8) is 0 Å². The fraction of sp³-hybridized carbons (Fsp3) is 0.429. The van der Waals surface area contributed by atoms with Gasteiger partial charge < -0.3 is 15.8 Å². The molecule has 5 nitrogen and oxygen atoms in total. The van der Waals surface area contributed by atoms with Crippen molar-refractivity contribution in [2.75, 3.05) is 6.61 Å². The first-order valence-corrected chi connectivity index (χ1v) is 6.46. The van der Waals surface area contributed by atoms with Gasteiger partial charge in [-0.3, -0.25) is 9.59 Å². The van der Waals surface area contributed by atoms with Gasteiger partial charge in [-0.15, -0.1) is 0 Å². The number of amides is 2. The van der Waals surface area contributed by atoms with Gasteiger partial charge in [0.2, 0.25) is 11.8 Å². The van der Waals surface area contributed by atoms with E-state index in [1.807, 2.05) is 6.92 Å². The molecule has 1 aliphatic heterocycles. The molecule has 1 saturated heterocycles. The fourth-order valence-corrected chi connectivity index (χ4v) is 2.30. The van der Waals surface area contributed by atoms with Gasteiger partial charge in [-0.25, -0.2) is 4.39 Å². The number of benzene rings is 1. The van der Waals surface area contributed by atoms with E-state index in [9.17, 15) is 14.0 Å². The van der Waals surface area contributed by atoms with Crippen molar-refractivity contribution < 1.29 is 18.7 Å². The molecule has 0 bridgehead atoms. The minimum absolute atomic E-state index is 0.184. The molecule has 1 aromatic carbocycles. The molecule has 1 aliphatic rings. The van der Waals surface area contributed by atoms with E-state index in [0.29, 0.717) is 18.6 Å². The molecule has 3 atom stereocenters. The van der Waals surface area contributed by atoms with Gasteiger partial charge in [0.25, 0.3) is 0 Å². The zero-order valence-electron chi connectivity index (χ0n) is 11.1. The van der Waals surface area contributed by atoms with E-state index < -0.39 is 17.8 Å². The Morgan fingerprint density at radius 1 is 1.40 bits per heavy atom. The molecule has 0 spiro atoms. The van der Waals surface area contributed by atoms with E-state index in [4.69, 9.17) is 10.5 Å². The Bertz CT molecular complexity index is 504. The number of hydrogen-bond donors (Lipinski definition) is 2. The summed E-state index contributed by atoms with van der Waals surface area (Å²) >= 11 is 0. The third kappa shape index (κ3) is 3.14. The molecule has 0 aromatic heterocycles. The number of nitrogens with one attached hydrogen (secondary N) is 1. The molecule has 0 radical (unpaired) electrons. The number of halogens is 1. The lowest BCUT2D eigenvalue weighted by atomic mass is 10.00. The lowest BCUT2D eigenvalue weighted by Gasteiger charge is -2.20. The van der Waals surface area contributed by atoms with E-state index in [0.717, 1.165) is 0 Å². The van der Waals surface area contributed by atoms with Crippen LogP contribution in [0, 0.1) is 11.7 Å². The maximum absolute atomic E-state index is 12.9. The Morgan fingerprint density at radius 3 is 2.55 bits per heavy atom. The Hall–Kier alpha value is -1.95. The Balaban J connectivity index is 2.11. The van der Waals surface area contributed by atoms with Crippen molar-refractivity contribution in [1.82, 2.24) is 5.32 Å². The first-order valence-electron chi connectivity index (χ1n) is 6.46. The van der Waals surface area contributed by atoms with Gasteiger partial charge in [-0.2, -0.15) is 0 Å². The molecule has 0 aliphatic carbocycles. The van der Waals surface area contributed by atoms with Crippen LogP contribution in [0.3, 0.4) is 0 Å². The number of ether oxygens (including phenoxy) is 1. The minimum atomic E-state index is -0.962. The molecule has 2 amide bonds. The van der Waals surface area contributed by atoms with Crippen LogP contribution in [0.25, 0.3) is 0 Å². The maximum Gasteiger partial charge on any atom is 0.244 e. The molecule has 1 fully saturated rings. The third-order valence-electron chi connectivity index (χ3n) is 3.49.